The average Bonchev–Trinajstić information content (AvgIpc) is 2.13. The lowest BCUT2D eigenvalue weighted by atomic mass is 9.76. The molecule has 0 bridgehead atoms. The van der Waals surface area contributed by atoms with Crippen LogP contribution in [0, 0.1) is 11.3 Å². The minimum atomic E-state index is -2.15. The lowest BCUT2D eigenvalue weighted by molar-refractivity contribution is 0.0423. The van der Waals surface area contributed by atoms with Gasteiger partial charge in [0.2, 0.25) is 6.43 Å². The van der Waals surface area contributed by atoms with Gasteiger partial charge in [-0.2, -0.15) is 0 Å². The summed E-state index contributed by atoms with van der Waals surface area (Å²) in [6, 6.07) is 0. The second kappa shape index (κ2) is 5.56. The zero-order valence-electron chi connectivity index (χ0n) is 9.24. The monoisotopic (exact) mass is 192 g/mol. The second-order valence-corrected chi connectivity index (χ2v) is 4.22. The van der Waals surface area contributed by atoms with E-state index in [1.807, 2.05) is 6.92 Å². The highest BCUT2D eigenvalue weighted by molar-refractivity contribution is 4.75. The second-order valence-electron chi connectivity index (χ2n) is 4.22. The Bertz CT molecular complexity index is 128. The molecular formula is C11H22F2. The van der Waals surface area contributed by atoms with E-state index in [4.69, 9.17) is 0 Å². The number of alkyl halides is 2. The highest BCUT2D eigenvalue weighted by atomic mass is 19.3. The average molecular weight is 192 g/mol. The van der Waals surface area contributed by atoms with Crippen LogP contribution in [-0.4, -0.2) is 6.43 Å². The summed E-state index contributed by atoms with van der Waals surface area (Å²) in [5.41, 5.74) is 0.108. The van der Waals surface area contributed by atoms with Gasteiger partial charge in [0.05, 0.1) is 0 Å². The molecule has 0 rings (SSSR count). The van der Waals surface area contributed by atoms with Gasteiger partial charge >= 0.3 is 0 Å². The smallest absolute Gasteiger partial charge is 0.210 e. The molecule has 0 radical (unpaired) electrons. The molecule has 0 aromatic rings. The van der Waals surface area contributed by atoms with E-state index in [9.17, 15) is 8.78 Å². The van der Waals surface area contributed by atoms with Crippen LogP contribution >= 0.6 is 0 Å². The van der Waals surface area contributed by atoms with Gasteiger partial charge < -0.3 is 0 Å². The van der Waals surface area contributed by atoms with Crippen molar-refractivity contribution in [2.45, 2.75) is 59.8 Å². The Labute approximate surface area is 80.7 Å². The molecule has 1 atom stereocenters. The molecule has 1 unspecified atom stereocenters. The maximum absolute atomic E-state index is 12.5. The van der Waals surface area contributed by atoms with E-state index in [0.717, 1.165) is 12.8 Å². The molecule has 0 spiro atoms. The lowest BCUT2D eigenvalue weighted by Crippen LogP contribution is -2.22. The Hall–Kier alpha value is -0.140. The first kappa shape index (κ1) is 12.9. The van der Waals surface area contributed by atoms with Crippen molar-refractivity contribution in [1.82, 2.24) is 0 Å². The van der Waals surface area contributed by atoms with Crippen molar-refractivity contribution in [3.8, 4) is 0 Å². The van der Waals surface area contributed by atoms with E-state index >= 15 is 0 Å². The Morgan fingerprint density at radius 1 is 1.08 bits per heavy atom. The van der Waals surface area contributed by atoms with Gasteiger partial charge in [-0.25, -0.2) is 8.78 Å². The first-order valence-corrected chi connectivity index (χ1v) is 5.27. The minimum absolute atomic E-state index is 0.108. The van der Waals surface area contributed by atoms with Crippen LogP contribution in [0.1, 0.15) is 53.4 Å². The van der Waals surface area contributed by atoms with Gasteiger partial charge in [0.15, 0.2) is 0 Å². The van der Waals surface area contributed by atoms with Crippen LogP contribution in [0.4, 0.5) is 8.78 Å². The summed E-state index contributed by atoms with van der Waals surface area (Å²) in [6.07, 6.45) is 1.09. The lowest BCUT2D eigenvalue weighted by Gasteiger charge is -2.30. The fourth-order valence-corrected chi connectivity index (χ4v) is 1.58. The number of hydrogen-bond donors (Lipinski definition) is 0. The summed E-state index contributed by atoms with van der Waals surface area (Å²) in [4.78, 5) is 0. The van der Waals surface area contributed by atoms with Crippen molar-refractivity contribution >= 4 is 0 Å². The largest absolute Gasteiger partial charge is 0.241 e. The normalized spacial score (nSPS) is 15.0. The van der Waals surface area contributed by atoms with Gasteiger partial charge in [-0.3, -0.25) is 0 Å². The first-order valence-electron chi connectivity index (χ1n) is 5.27. The van der Waals surface area contributed by atoms with E-state index in [2.05, 4.69) is 20.8 Å². The van der Waals surface area contributed by atoms with Crippen molar-refractivity contribution in [1.29, 1.82) is 0 Å². The Morgan fingerprint density at radius 2 is 1.54 bits per heavy atom. The zero-order chi connectivity index (χ0) is 10.5. The SMILES string of the molecule is CCC(CC(C)(CC)CC)C(F)F. The van der Waals surface area contributed by atoms with Gasteiger partial charge in [0, 0.05) is 5.92 Å². The molecule has 0 amide bonds. The molecule has 0 aliphatic carbocycles. The van der Waals surface area contributed by atoms with Crippen LogP contribution in [0.25, 0.3) is 0 Å². The Morgan fingerprint density at radius 3 is 1.77 bits per heavy atom. The van der Waals surface area contributed by atoms with Crippen molar-refractivity contribution in [3.05, 3.63) is 0 Å². The fraction of sp³-hybridized carbons (Fsp3) is 1.00. The molecule has 2 heteroatoms. The fourth-order valence-electron chi connectivity index (χ4n) is 1.58. The summed E-state index contributed by atoms with van der Waals surface area (Å²) in [6.45, 7) is 8.13. The van der Waals surface area contributed by atoms with E-state index in [0.29, 0.717) is 12.8 Å². The molecule has 0 saturated heterocycles. The first-order chi connectivity index (χ1) is 5.99. The topological polar surface area (TPSA) is 0 Å². The van der Waals surface area contributed by atoms with Gasteiger partial charge in [-0.05, 0) is 18.3 Å². The quantitative estimate of drug-likeness (QED) is 0.581. The molecule has 0 nitrogen and oxygen atoms in total. The van der Waals surface area contributed by atoms with E-state index < -0.39 is 12.3 Å². The third-order valence-electron chi connectivity index (χ3n) is 3.34. The number of hydrogen-bond acceptors (Lipinski definition) is 0. The highest BCUT2D eigenvalue weighted by Crippen LogP contribution is 2.36. The summed E-state index contributed by atoms with van der Waals surface area (Å²) in [7, 11) is 0. The number of halogens is 2. The number of rotatable bonds is 6. The molecular weight excluding hydrogens is 170 g/mol. The molecule has 0 aromatic carbocycles. The maximum atomic E-state index is 12.5. The molecule has 80 valence electrons. The predicted octanol–water partition coefficient (Wildman–Crippen LogP) is 4.49. The molecule has 0 fully saturated rings. The standard InChI is InChI=1S/C11H22F2/c1-5-9(10(12)13)8-11(4,6-2)7-3/h9-10H,5-8H2,1-4H3. The molecule has 0 aromatic heterocycles. The van der Waals surface area contributed by atoms with Crippen LogP contribution in [0.5, 0.6) is 0 Å². The van der Waals surface area contributed by atoms with E-state index in [-0.39, 0.29) is 5.41 Å². The zero-order valence-corrected chi connectivity index (χ0v) is 9.24. The predicted molar refractivity (Wildman–Crippen MR) is 53.1 cm³/mol. The summed E-state index contributed by atoms with van der Waals surface area (Å²) < 4.78 is 25.0. The van der Waals surface area contributed by atoms with Crippen molar-refractivity contribution < 1.29 is 8.78 Å². The minimum Gasteiger partial charge on any atom is -0.210 e. The molecule has 0 heterocycles. The third-order valence-corrected chi connectivity index (χ3v) is 3.34. The van der Waals surface area contributed by atoms with E-state index in [1.165, 1.54) is 0 Å². The van der Waals surface area contributed by atoms with Gasteiger partial charge in [0.1, 0.15) is 0 Å². The Balaban J connectivity index is 4.19. The van der Waals surface area contributed by atoms with Crippen LogP contribution < -0.4 is 0 Å². The van der Waals surface area contributed by atoms with Crippen LogP contribution in [0.2, 0.25) is 0 Å². The van der Waals surface area contributed by atoms with Crippen LogP contribution in [-0.2, 0) is 0 Å². The van der Waals surface area contributed by atoms with Crippen molar-refractivity contribution in [3.63, 3.8) is 0 Å². The Kier molecular flexibility index (Phi) is 5.50. The maximum Gasteiger partial charge on any atom is 0.241 e. The molecule has 13 heavy (non-hydrogen) atoms. The van der Waals surface area contributed by atoms with Gasteiger partial charge in [0.25, 0.3) is 0 Å². The van der Waals surface area contributed by atoms with Crippen molar-refractivity contribution in [2.24, 2.45) is 11.3 Å². The van der Waals surface area contributed by atoms with Gasteiger partial charge in [-0.1, -0.05) is 40.5 Å². The summed E-state index contributed by atoms with van der Waals surface area (Å²) >= 11 is 0. The van der Waals surface area contributed by atoms with E-state index in [1.54, 1.807) is 0 Å². The summed E-state index contributed by atoms with van der Waals surface area (Å²) in [5, 5.41) is 0. The molecule has 0 saturated carbocycles. The highest BCUT2D eigenvalue weighted by Gasteiger charge is 2.28. The van der Waals surface area contributed by atoms with Gasteiger partial charge in [-0.15, -0.1) is 0 Å². The molecule has 0 N–H and O–H groups in total. The summed E-state index contributed by atoms with van der Waals surface area (Å²) in [5.74, 6) is -0.412. The van der Waals surface area contributed by atoms with Crippen LogP contribution in [0.3, 0.4) is 0 Å². The molecule has 0 aliphatic rings. The third kappa shape index (κ3) is 4.06. The van der Waals surface area contributed by atoms with Crippen LogP contribution in [0.15, 0.2) is 0 Å². The molecule has 0 aliphatic heterocycles. The van der Waals surface area contributed by atoms with Crippen molar-refractivity contribution in [2.75, 3.05) is 0 Å².